The van der Waals surface area contributed by atoms with Crippen molar-refractivity contribution in [3.63, 3.8) is 0 Å². The monoisotopic (exact) mass is 316 g/mol. The summed E-state index contributed by atoms with van der Waals surface area (Å²) < 4.78 is 0. The molecule has 5 heteroatoms. The number of amides is 1. The van der Waals surface area contributed by atoms with Crippen LogP contribution in [-0.2, 0) is 0 Å². The van der Waals surface area contributed by atoms with Crippen LogP contribution in [0.15, 0.2) is 12.4 Å². The van der Waals surface area contributed by atoms with E-state index in [0.717, 1.165) is 12.8 Å². The zero-order chi connectivity index (χ0) is 15.9. The van der Waals surface area contributed by atoms with Gasteiger partial charge in [-0.25, -0.2) is 9.97 Å². The van der Waals surface area contributed by atoms with Gasteiger partial charge in [0, 0.05) is 24.5 Å². The highest BCUT2D eigenvalue weighted by Gasteiger charge is 2.17. The molecule has 1 heterocycles. The lowest BCUT2D eigenvalue weighted by Crippen LogP contribution is -2.36. The van der Waals surface area contributed by atoms with Crippen LogP contribution >= 0.6 is 0 Å². The van der Waals surface area contributed by atoms with Gasteiger partial charge in [-0.15, -0.1) is 0 Å². The summed E-state index contributed by atoms with van der Waals surface area (Å²) in [5.74, 6) is 0.601. The summed E-state index contributed by atoms with van der Waals surface area (Å²) in [7, 11) is 0. The molecule has 0 spiro atoms. The zero-order valence-corrected chi connectivity index (χ0v) is 13.9. The number of nitrogens with zero attached hydrogens (tertiary/aromatic N) is 2. The lowest BCUT2D eigenvalue weighted by atomic mass is 9.95. The zero-order valence-electron chi connectivity index (χ0n) is 13.9. The summed E-state index contributed by atoms with van der Waals surface area (Å²) in [5, 5.41) is 6.52. The number of carbonyl (C=O) groups is 1. The van der Waals surface area contributed by atoms with Gasteiger partial charge in [-0.1, -0.05) is 44.9 Å². The minimum atomic E-state index is -0.0436. The third-order valence-corrected chi connectivity index (χ3v) is 5.04. The minimum Gasteiger partial charge on any atom is -0.351 e. The summed E-state index contributed by atoms with van der Waals surface area (Å²) in [6.45, 7) is 0. The molecule has 0 aliphatic heterocycles. The van der Waals surface area contributed by atoms with Crippen molar-refractivity contribution < 1.29 is 4.79 Å². The first-order valence-corrected chi connectivity index (χ1v) is 9.21. The molecule has 126 valence electrons. The summed E-state index contributed by atoms with van der Waals surface area (Å²) in [6, 6.07) is 0.791. The van der Waals surface area contributed by atoms with Gasteiger partial charge in [-0.2, -0.15) is 0 Å². The van der Waals surface area contributed by atoms with E-state index in [9.17, 15) is 4.79 Å². The Bertz CT molecular complexity index is 488. The number of hydrogen-bond donors (Lipinski definition) is 2. The molecule has 2 aliphatic carbocycles. The Morgan fingerprint density at radius 2 is 1.35 bits per heavy atom. The first kappa shape index (κ1) is 16.2. The predicted octanol–water partition coefficient (Wildman–Crippen LogP) is 3.67. The molecular formula is C18H28N4O. The lowest BCUT2D eigenvalue weighted by Gasteiger charge is -2.22. The third-order valence-electron chi connectivity index (χ3n) is 5.04. The second kappa shape index (κ2) is 8.27. The number of carbonyl (C=O) groups excluding carboxylic acids is 1. The summed E-state index contributed by atoms with van der Waals surface area (Å²) in [5.41, 5.74) is 0.557. The van der Waals surface area contributed by atoms with Crippen LogP contribution in [0.1, 0.15) is 81.0 Å². The first-order valence-electron chi connectivity index (χ1n) is 9.21. The van der Waals surface area contributed by atoms with Crippen LogP contribution in [0.4, 0.5) is 5.95 Å². The molecule has 0 radical (unpaired) electrons. The standard InChI is InChI=1S/C18H28N4O/c23-17(21-15-8-6-3-7-9-15)14-12-19-18(20-13-14)22-16-10-4-1-2-5-11-16/h12-13,15-16H,1-11H2,(H,21,23)(H,19,20,22). The molecule has 2 aliphatic rings. The number of nitrogens with one attached hydrogen (secondary N) is 2. The normalized spacial score (nSPS) is 20.7. The van der Waals surface area contributed by atoms with Gasteiger partial charge in [0.25, 0.3) is 5.91 Å². The highest BCUT2D eigenvalue weighted by Crippen LogP contribution is 2.20. The molecule has 0 aromatic carbocycles. The fraction of sp³-hybridized carbons (Fsp3) is 0.722. The van der Waals surface area contributed by atoms with Crippen molar-refractivity contribution in [3.8, 4) is 0 Å². The number of anilines is 1. The molecular weight excluding hydrogens is 288 g/mol. The van der Waals surface area contributed by atoms with E-state index in [-0.39, 0.29) is 5.91 Å². The molecule has 0 saturated heterocycles. The van der Waals surface area contributed by atoms with E-state index < -0.39 is 0 Å². The Balaban J connectivity index is 1.52. The fourth-order valence-electron chi connectivity index (χ4n) is 3.64. The number of aromatic nitrogens is 2. The third kappa shape index (κ3) is 4.91. The van der Waals surface area contributed by atoms with Crippen molar-refractivity contribution in [3.05, 3.63) is 18.0 Å². The van der Waals surface area contributed by atoms with Crippen molar-refractivity contribution in [1.82, 2.24) is 15.3 Å². The van der Waals surface area contributed by atoms with Gasteiger partial charge < -0.3 is 10.6 Å². The highest BCUT2D eigenvalue weighted by molar-refractivity contribution is 5.93. The molecule has 0 unspecified atom stereocenters. The molecule has 0 bridgehead atoms. The van der Waals surface area contributed by atoms with Crippen molar-refractivity contribution in [2.45, 2.75) is 82.7 Å². The van der Waals surface area contributed by atoms with Crippen molar-refractivity contribution in [2.75, 3.05) is 5.32 Å². The second-order valence-corrected chi connectivity index (χ2v) is 6.94. The van der Waals surface area contributed by atoms with Gasteiger partial charge in [-0.05, 0) is 25.7 Å². The Kier molecular flexibility index (Phi) is 5.83. The van der Waals surface area contributed by atoms with Crippen molar-refractivity contribution in [2.24, 2.45) is 0 Å². The van der Waals surface area contributed by atoms with Gasteiger partial charge in [0.1, 0.15) is 0 Å². The Hall–Kier alpha value is -1.65. The average Bonchev–Trinajstić information content (AvgIpc) is 2.85. The van der Waals surface area contributed by atoms with E-state index >= 15 is 0 Å². The SMILES string of the molecule is O=C(NC1CCCCC1)c1cnc(NC2CCCCCC2)nc1. The highest BCUT2D eigenvalue weighted by atomic mass is 16.1. The summed E-state index contributed by atoms with van der Waals surface area (Å²) >= 11 is 0. The van der Waals surface area contributed by atoms with E-state index in [0.29, 0.717) is 23.6 Å². The van der Waals surface area contributed by atoms with Gasteiger partial charge in [0.05, 0.1) is 5.56 Å². The van der Waals surface area contributed by atoms with E-state index in [4.69, 9.17) is 0 Å². The van der Waals surface area contributed by atoms with Gasteiger partial charge in [-0.3, -0.25) is 4.79 Å². The molecule has 2 N–H and O–H groups in total. The topological polar surface area (TPSA) is 66.9 Å². The molecule has 1 amide bonds. The van der Waals surface area contributed by atoms with E-state index in [1.165, 1.54) is 57.8 Å². The molecule has 5 nitrogen and oxygen atoms in total. The van der Waals surface area contributed by atoms with Gasteiger partial charge >= 0.3 is 0 Å². The van der Waals surface area contributed by atoms with Gasteiger partial charge in [0.2, 0.25) is 5.95 Å². The van der Waals surface area contributed by atoms with E-state index in [2.05, 4.69) is 20.6 Å². The Morgan fingerprint density at radius 3 is 1.96 bits per heavy atom. The second-order valence-electron chi connectivity index (χ2n) is 6.94. The molecule has 3 rings (SSSR count). The molecule has 1 aromatic heterocycles. The van der Waals surface area contributed by atoms with E-state index in [1.54, 1.807) is 12.4 Å². The fourth-order valence-corrected chi connectivity index (χ4v) is 3.64. The quantitative estimate of drug-likeness (QED) is 0.832. The molecule has 0 atom stereocenters. The van der Waals surface area contributed by atoms with E-state index in [1.807, 2.05) is 0 Å². The van der Waals surface area contributed by atoms with Gasteiger partial charge in [0.15, 0.2) is 0 Å². The van der Waals surface area contributed by atoms with Crippen LogP contribution in [0.3, 0.4) is 0 Å². The molecule has 1 aromatic rings. The maximum Gasteiger partial charge on any atom is 0.254 e. The average molecular weight is 316 g/mol. The van der Waals surface area contributed by atoms with Crippen LogP contribution in [0.25, 0.3) is 0 Å². The smallest absolute Gasteiger partial charge is 0.254 e. The minimum absolute atomic E-state index is 0.0436. The van der Waals surface area contributed by atoms with Crippen LogP contribution in [0.2, 0.25) is 0 Å². The van der Waals surface area contributed by atoms with Crippen LogP contribution in [0.5, 0.6) is 0 Å². The predicted molar refractivity (Wildman–Crippen MR) is 91.5 cm³/mol. The summed E-state index contributed by atoms with van der Waals surface area (Å²) in [4.78, 5) is 20.9. The number of hydrogen-bond acceptors (Lipinski definition) is 4. The maximum atomic E-state index is 12.2. The molecule has 2 fully saturated rings. The van der Waals surface area contributed by atoms with Crippen molar-refractivity contribution >= 4 is 11.9 Å². The largest absolute Gasteiger partial charge is 0.351 e. The first-order chi connectivity index (χ1) is 11.3. The van der Waals surface area contributed by atoms with Crippen LogP contribution in [0, 0.1) is 0 Å². The Labute approximate surface area is 138 Å². The van der Waals surface area contributed by atoms with Crippen LogP contribution in [-0.4, -0.2) is 28.0 Å². The molecule has 23 heavy (non-hydrogen) atoms. The number of rotatable bonds is 4. The Morgan fingerprint density at radius 1 is 0.826 bits per heavy atom. The van der Waals surface area contributed by atoms with Crippen LogP contribution < -0.4 is 10.6 Å². The molecule has 2 saturated carbocycles. The maximum absolute atomic E-state index is 12.2. The summed E-state index contributed by atoms with van der Waals surface area (Å²) in [6.07, 6.45) is 16.8. The lowest BCUT2D eigenvalue weighted by molar-refractivity contribution is 0.0927. The van der Waals surface area contributed by atoms with Crippen molar-refractivity contribution in [1.29, 1.82) is 0 Å².